The molecule has 2 aromatic heterocycles. The maximum atomic E-state index is 11.8. The molecule has 6 aromatic rings. The molecule has 0 amide bonds. The summed E-state index contributed by atoms with van der Waals surface area (Å²) in [5.74, 6) is 0.173. The fourth-order valence-corrected chi connectivity index (χ4v) is 4.60. The number of Topliss-reactive ketones (excluding diaryl/α,β-unsaturated/α-hetero) is 2. The normalized spacial score (nSPS) is 10.6. The van der Waals surface area contributed by atoms with Crippen LogP contribution in [0.3, 0.4) is 0 Å². The van der Waals surface area contributed by atoms with E-state index in [4.69, 9.17) is 0 Å². The summed E-state index contributed by atoms with van der Waals surface area (Å²) in [7, 11) is 0. The highest BCUT2D eigenvalue weighted by Gasteiger charge is 2.18. The van der Waals surface area contributed by atoms with Gasteiger partial charge < -0.3 is 0 Å². The second-order valence-corrected chi connectivity index (χ2v) is 9.06. The number of fused-ring (bicyclic) bond motifs is 2. The molecule has 0 spiro atoms. The lowest BCUT2D eigenvalue weighted by Crippen LogP contribution is -2.32. The number of nitrogens with zero attached hydrogens (tertiary/aromatic N) is 2. The lowest BCUT2D eigenvalue weighted by Gasteiger charge is -2.03. The van der Waals surface area contributed by atoms with E-state index in [9.17, 15) is 9.59 Å². The van der Waals surface area contributed by atoms with Crippen molar-refractivity contribution >= 4 is 33.4 Å². The summed E-state index contributed by atoms with van der Waals surface area (Å²) in [4.78, 5) is 23.4. The fraction of sp³-hybridized carbons (Fsp3) is 0.0588. The second-order valence-electron chi connectivity index (χ2n) is 9.06. The van der Waals surface area contributed by atoms with Gasteiger partial charge in [0.05, 0.1) is 5.56 Å². The molecule has 0 fully saturated rings. The Hall–Kier alpha value is -4.96. The molecule has 0 saturated heterocycles. The van der Waals surface area contributed by atoms with Gasteiger partial charge in [0.2, 0.25) is 22.4 Å². The van der Waals surface area contributed by atoms with Crippen LogP contribution >= 0.6 is 0 Å². The number of hydrogen-bond donors (Lipinski definition) is 0. The van der Waals surface area contributed by atoms with Gasteiger partial charge in [-0.25, -0.2) is 0 Å². The lowest BCUT2D eigenvalue weighted by atomic mass is 10.1. The van der Waals surface area contributed by atoms with Crippen molar-refractivity contribution in [1.29, 1.82) is 0 Å². The van der Waals surface area contributed by atoms with E-state index in [1.807, 2.05) is 116 Å². The van der Waals surface area contributed by atoms with Crippen LogP contribution in [0.5, 0.6) is 0 Å². The molecule has 0 bridgehead atoms. The molecule has 0 radical (unpaired) electrons. The summed E-state index contributed by atoms with van der Waals surface area (Å²) in [6.45, 7) is 3.20. The average molecular weight is 497 g/mol. The van der Waals surface area contributed by atoms with Crippen LogP contribution in [-0.4, -0.2) is 11.6 Å². The summed E-state index contributed by atoms with van der Waals surface area (Å²) >= 11 is 0. The van der Waals surface area contributed by atoms with Crippen LogP contribution in [0, 0.1) is 0 Å². The van der Waals surface area contributed by atoms with Gasteiger partial charge in [0, 0.05) is 58.8 Å². The molecule has 4 heteroatoms. The molecule has 4 aromatic carbocycles. The Balaban J connectivity index is 0.000000155. The van der Waals surface area contributed by atoms with Crippen molar-refractivity contribution in [3.8, 4) is 11.4 Å². The molecule has 0 saturated carbocycles. The minimum absolute atomic E-state index is 0.0847. The van der Waals surface area contributed by atoms with Gasteiger partial charge in [-0.1, -0.05) is 48.5 Å². The van der Waals surface area contributed by atoms with Crippen LogP contribution in [0.15, 0.2) is 134 Å². The maximum Gasteiger partial charge on any atom is 0.229 e. The van der Waals surface area contributed by atoms with Crippen LogP contribution in [0.1, 0.15) is 34.6 Å². The number of pyridine rings is 2. The number of carbonyl (C=O) groups is 2. The number of rotatable bonds is 4. The maximum absolute atomic E-state index is 11.8. The quantitative estimate of drug-likeness (QED) is 0.203. The summed E-state index contributed by atoms with van der Waals surface area (Å²) in [6.07, 6.45) is 4.01. The van der Waals surface area contributed by atoms with Crippen molar-refractivity contribution < 1.29 is 18.7 Å². The Morgan fingerprint density at radius 3 is 1.74 bits per heavy atom. The number of para-hydroxylation sites is 3. The van der Waals surface area contributed by atoms with Gasteiger partial charge in [-0.3, -0.25) is 9.59 Å². The minimum atomic E-state index is 0.0847. The zero-order chi connectivity index (χ0) is 26.5. The lowest BCUT2D eigenvalue weighted by molar-refractivity contribution is -0.567. The first kappa shape index (κ1) is 24.7. The standard InChI is InChI=1S/2C17H14NO/c1-13(19)16-11-5-7-14-8-6-12-18(17(14)16)15-9-3-2-4-10-15;1-13(19)15-10-9-14-6-5-11-18(17(14)12-15)16-7-3-2-4-8-16/h2*2-12H,1H3/q2*+1. The van der Waals surface area contributed by atoms with E-state index in [0.29, 0.717) is 0 Å². The molecule has 0 aliphatic heterocycles. The van der Waals surface area contributed by atoms with Crippen LogP contribution < -0.4 is 9.13 Å². The fourth-order valence-electron chi connectivity index (χ4n) is 4.60. The van der Waals surface area contributed by atoms with E-state index in [2.05, 4.69) is 27.3 Å². The number of carbonyl (C=O) groups excluding carboxylic acids is 2. The highest BCUT2D eigenvalue weighted by atomic mass is 16.1. The first-order valence-corrected chi connectivity index (χ1v) is 12.5. The third-order valence-electron chi connectivity index (χ3n) is 6.47. The van der Waals surface area contributed by atoms with Gasteiger partial charge in [-0.15, -0.1) is 0 Å². The number of ketones is 2. The monoisotopic (exact) mass is 496 g/mol. The molecule has 4 nitrogen and oxygen atoms in total. The molecule has 2 heterocycles. The van der Waals surface area contributed by atoms with Crippen molar-refractivity contribution in [1.82, 2.24) is 0 Å². The smallest absolute Gasteiger partial charge is 0.229 e. The molecular formula is C34H28N2O2+2. The Bertz CT molecular complexity index is 1760. The van der Waals surface area contributed by atoms with E-state index in [1.165, 1.54) is 0 Å². The van der Waals surface area contributed by atoms with E-state index in [0.717, 1.165) is 44.3 Å². The average Bonchev–Trinajstić information content (AvgIpc) is 2.97. The predicted octanol–water partition coefficient (Wildman–Crippen LogP) is 6.64. The van der Waals surface area contributed by atoms with Gasteiger partial charge in [0.1, 0.15) is 0 Å². The Morgan fingerprint density at radius 2 is 1.11 bits per heavy atom. The van der Waals surface area contributed by atoms with Gasteiger partial charge in [0.15, 0.2) is 24.0 Å². The summed E-state index contributed by atoms with van der Waals surface area (Å²) in [5.41, 5.74) is 5.64. The van der Waals surface area contributed by atoms with Crippen LogP contribution in [-0.2, 0) is 0 Å². The second kappa shape index (κ2) is 11.0. The van der Waals surface area contributed by atoms with E-state index in [-0.39, 0.29) is 11.6 Å². The Labute approximate surface area is 222 Å². The molecule has 0 aliphatic rings. The highest BCUT2D eigenvalue weighted by molar-refractivity contribution is 6.04. The molecular weight excluding hydrogens is 468 g/mol. The molecule has 6 rings (SSSR count). The van der Waals surface area contributed by atoms with Gasteiger partial charge in [-0.2, -0.15) is 9.13 Å². The first-order valence-electron chi connectivity index (χ1n) is 12.5. The van der Waals surface area contributed by atoms with Crippen LogP contribution in [0.25, 0.3) is 33.2 Å². The molecule has 38 heavy (non-hydrogen) atoms. The molecule has 0 unspecified atom stereocenters. The van der Waals surface area contributed by atoms with Gasteiger partial charge in [0.25, 0.3) is 0 Å². The predicted molar refractivity (Wildman–Crippen MR) is 151 cm³/mol. The summed E-state index contributed by atoms with van der Waals surface area (Å²) in [6, 6.07) is 39.9. The summed E-state index contributed by atoms with van der Waals surface area (Å²) in [5, 5.41) is 2.19. The SMILES string of the molecule is CC(=O)c1ccc2ccc[n+](-c3ccccc3)c2c1.CC(=O)c1cccc2ccc[n+](-c3ccccc3)c12. The van der Waals surface area contributed by atoms with Crippen LogP contribution in [0.2, 0.25) is 0 Å². The van der Waals surface area contributed by atoms with Crippen molar-refractivity contribution in [2.24, 2.45) is 0 Å². The number of benzene rings is 4. The zero-order valence-corrected chi connectivity index (χ0v) is 21.4. The van der Waals surface area contributed by atoms with Crippen molar-refractivity contribution in [3.05, 3.63) is 145 Å². The molecule has 184 valence electrons. The van der Waals surface area contributed by atoms with Crippen molar-refractivity contribution in [2.45, 2.75) is 13.8 Å². The van der Waals surface area contributed by atoms with E-state index in [1.54, 1.807) is 13.8 Å². The Morgan fingerprint density at radius 1 is 0.526 bits per heavy atom. The third kappa shape index (κ3) is 5.11. The molecule has 0 atom stereocenters. The number of hydrogen-bond acceptors (Lipinski definition) is 2. The van der Waals surface area contributed by atoms with Crippen LogP contribution in [0.4, 0.5) is 0 Å². The minimum Gasteiger partial charge on any atom is -0.295 e. The Kier molecular flexibility index (Phi) is 7.14. The largest absolute Gasteiger partial charge is 0.295 e. The molecule has 0 N–H and O–H groups in total. The van der Waals surface area contributed by atoms with Crippen molar-refractivity contribution in [3.63, 3.8) is 0 Å². The van der Waals surface area contributed by atoms with Gasteiger partial charge >= 0.3 is 0 Å². The molecule has 0 aliphatic carbocycles. The topological polar surface area (TPSA) is 41.9 Å². The first-order chi connectivity index (χ1) is 18.5. The van der Waals surface area contributed by atoms with Gasteiger partial charge in [-0.05, 0) is 44.2 Å². The van der Waals surface area contributed by atoms with E-state index >= 15 is 0 Å². The van der Waals surface area contributed by atoms with E-state index < -0.39 is 0 Å². The number of aromatic nitrogens is 2. The zero-order valence-electron chi connectivity index (χ0n) is 21.4. The van der Waals surface area contributed by atoms with Crippen molar-refractivity contribution in [2.75, 3.05) is 0 Å². The highest BCUT2D eigenvalue weighted by Crippen LogP contribution is 2.17. The summed E-state index contributed by atoms with van der Waals surface area (Å²) < 4.78 is 4.16. The third-order valence-corrected chi connectivity index (χ3v) is 6.47.